The molecule has 71 heavy (non-hydrogen) atoms. The number of carbonyl (C=O) groups excluding carboxylic acids is 2. The number of unbranched alkanes of at least 4 members (excludes halogenated alkanes) is 30. The molecule has 7 N–H and O–H groups in total. The van der Waals surface area contributed by atoms with Crippen LogP contribution in [0.25, 0.3) is 0 Å². The predicted molar refractivity (Wildman–Crippen MR) is 275 cm³/mol. The Morgan fingerprint density at radius 3 is 1.28 bits per heavy atom. The number of allylic oxidation sites excluding steroid dienone is 2. The third kappa shape index (κ3) is 31.0. The van der Waals surface area contributed by atoms with Crippen molar-refractivity contribution in [1.29, 1.82) is 0 Å². The summed E-state index contributed by atoms with van der Waals surface area (Å²) >= 11 is 0. The van der Waals surface area contributed by atoms with Crippen molar-refractivity contribution in [3.8, 4) is 0 Å². The van der Waals surface area contributed by atoms with Crippen molar-refractivity contribution in [1.82, 2.24) is 0 Å². The molecular weight excluding hydrogens is 913 g/mol. The quantitative estimate of drug-likeness (QED) is 0.0171. The molecule has 2 saturated heterocycles. The lowest BCUT2D eigenvalue weighted by Gasteiger charge is -2.42. The van der Waals surface area contributed by atoms with Gasteiger partial charge in [0.15, 0.2) is 18.7 Å². The van der Waals surface area contributed by atoms with Crippen molar-refractivity contribution in [3.05, 3.63) is 12.2 Å². The number of esters is 2. The minimum absolute atomic E-state index is 0.123. The zero-order valence-electron chi connectivity index (χ0n) is 44.5. The molecule has 0 saturated carbocycles. The number of hydrogen-bond acceptors (Lipinski definition) is 15. The Hall–Kier alpha value is -1.76. The lowest BCUT2D eigenvalue weighted by molar-refractivity contribution is -0.332. The first-order chi connectivity index (χ1) is 34.5. The molecule has 2 rings (SSSR count). The molecule has 2 aliphatic heterocycles. The molecule has 0 aromatic heterocycles. The Bertz CT molecular complexity index is 1290. The van der Waals surface area contributed by atoms with Gasteiger partial charge in [-0.3, -0.25) is 9.59 Å². The van der Waals surface area contributed by atoms with Gasteiger partial charge in [-0.05, 0) is 32.1 Å². The molecule has 4 unspecified atom stereocenters. The monoisotopic (exact) mass is 1020 g/mol. The zero-order valence-corrected chi connectivity index (χ0v) is 44.5. The largest absolute Gasteiger partial charge is 0.462 e. The smallest absolute Gasteiger partial charge is 0.306 e. The van der Waals surface area contributed by atoms with Crippen molar-refractivity contribution in [2.45, 2.75) is 306 Å². The Balaban J connectivity index is 1.74. The number of aliphatic hydroxyl groups is 7. The van der Waals surface area contributed by atoms with Crippen LogP contribution in [-0.2, 0) is 38.0 Å². The van der Waals surface area contributed by atoms with Crippen LogP contribution in [0.2, 0.25) is 0 Å². The van der Waals surface area contributed by atoms with Crippen LogP contribution < -0.4 is 0 Å². The van der Waals surface area contributed by atoms with E-state index in [-0.39, 0.29) is 26.1 Å². The first kappa shape index (κ1) is 65.4. The van der Waals surface area contributed by atoms with E-state index in [2.05, 4.69) is 26.0 Å². The van der Waals surface area contributed by atoms with Crippen LogP contribution in [0.1, 0.15) is 239 Å². The van der Waals surface area contributed by atoms with E-state index in [4.69, 9.17) is 28.4 Å². The van der Waals surface area contributed by atoms with Gasteiger partial charge in [0, 0.05) is 12.8 Å². The molecule has 0 aromatic carbocycles. The fourth-order valence-electron chi connectivity index (χ4n) is 9.28. The standard InChI is InChI=1S/C56H104O15/c1-3-5-7-9-11-13-15-17-18-19-20-21-22-23-24-25-26-27-29-31-33-35-37-39-48(59)69-44(41-66-47(58)38-36-34-32-30-28-16-14-12-10-8-6-4-2)42-67-55-54(65)52(63)50(61)46(71-55)43-68-56-53(64)51(62)49(60)45(40-57)70-56/h31,33,44-46,49-57,60-65H,3-30,32,34-43H2,1-2H3/b33-31+/t44-,45+,46+,49-,50-,51?,52?,53?,54?,55+,56+/m1/s1. The zero-order chi connectivity index (χ0) is 51.7. The highest BCUT2D eigenvalue weighted by Gasteiger charge is 2.47. The first-order valence-corrected chi connectivity index (χ1v) is 28.8. The van der Waals surface area contributed by atoms with Gasteiger partial charge in [0.2, 0.25) is 0 Å². The highest BCUT2D eigenvalue weighted by Crippen LogP contribution is 2.27. The second-order valence-corrected chi connectivity index (χ2v) is 20.5. The van der Waals surface area contributed by atoms with Gasteiger partial charge in [-0.1, -0.05) is 206 Å². The molecule has 2 heterocycles. The topological polar surface area (TPSA) is 231 Å². The first-order valence-electron chi connectivity index (χ1n) is 28.8. The van der Waals surface area contributed by atoms with Crippen LogP contribution in [0.5, 0.6) is 0 Å². The number of aliphatic hydroxyl groups excluding tert-OH is 7. The molecule has 0 amide bonds. The van der Waals surface area contributed by atoms with Gasteiger partial charge in [0.25, 0.3) is 0 Å². The minimum Gasteiger partial charge on any atom is -0.462 e. The summed E-state index contributed by atoms with van der Waals surface area (Å²) in [5.74, 6) is -0.949. The summed E-state index contributed by atoms with van der Waals surface area (Å²) < 4.78 is 33.6. The summed E-state index contributed by atoms with van der Waals surface area (Å²) in [6.45, 7) is 2.60. The third-order valence-electron chi connectivity index (χ3n) is 14.0. The average Bonchev–Trinajstić information content (AvgIpc) is 3.36. The van der Waals surface area contributed by atoms with Gasteiger partial charge in [-0.15, -0.1) is 0 Å². The molecule has 418 valence electrons. The molecular formula is C56H104O15. The number of rotatable bonds is 46. The van der Waals surface area contributed by atoms with Crippen molar-refractivity contribution in [2.24, 2.45) is 0 Å². The molecule has 0 aromatic rings. The number of ether oxygens (including phenoxy) is 6. The Labute approximate surface area is 429 Å². The molecule has 0 radical (unpaired) electrons. The van der Waals surface area contributed by atoms with Gasteiger partial charge in [0.1, 0.15) is 55.4 Å². The minimum atomic E-state index is -1.77. The SMILES string of the molecule is CCCCCCCCCCCCCCCCCCCC/C=C/CCCC(=O)O[C@H](COC(=O)CCCCCCCCCCCCCC)CO[C@H]1O[C@@H](CO[C@H]2O[C@@H](CO)[C@@H](O)C(O)C2O)[C@@H](O)C(O)C1O. The van der Waals surface area contributed by atoms with Gasteiger partial charge in [-0.25, -0.2) is 0 Å². The summed E-state index contributed by atoms with van der Waals surface area (Å²) in [6.07, 6.45) is 28.3. The predicted octanol–water partition coefficient (Wildman–Crippen LogP) is 9.33. The molecule has 15 heteroatoms. The summed E-state index contributed by atoms with van der Waals surface area (Å²) in [4.78, 5) is 25.8. The van der Waals surface area contributed by atoms with E-state index in [1.54, 1.807) is 0 Å². The molecule has 15 nitrogen and oxygen atoms in total. The summed E-state index contributed by atoms with van der Waals surface area (Å²) in [7, 11) is 0. The lowest BCUT2D eigenvalue weighted by atomic mass is 9.98. The van der Waals surface area contributed by atoms with E-state index in [1.165, 1.54) is 161 Å². The van der Waals surface area contributed by atoms with Crippen LogP contribution in [-0.4, -0.2) is 142 Å². The van der Waals surface area contributed by atoms with E-state index in [0.29, 0.717) is 19.3 Å². The average molecular weight is 1020 g/mol. The van der Waals surface area contributed by atoms with Gasteiger partial charge in [-0.2, -0.15) is 0 Å². The maximum absolute atomic E-state index is 13.0. The summed E-state index contributed by atoms with van der Waals surface area (Å²) in [5.41, 5.74) is 0. The van der Waals surface area contributed by atoms with E-state index in [0.717, 1.165) is 32.1 Å². The summed E-state index contributed by atoms with van der Waals surface area (Å²) in [6, 6.07) is 0. The van der Waals surface area contributed by atoms with Crippen LogP contribution in [0.3, 0.4) is 0 Å². The molecule has 11 atom stereocenters. The lowest BCUT2D eigenvalue weighted by Crippen LogP contribution is -2.61. The van der Waals surface area contributed by atoms with Crippen LogP contribution in [0.4, 0.5) is 0 Å². The van der Waals surface area contributed by atoms with E-state index in [1.807, 2.05) is 0 Å². The second kappa shape index (κ2) is 43.5. The highest BCUT2D eigenvalue weighted by atomic mass is 16.7. The maximum atomic E-state index is 13.0. The fourth-order valence-corrected chi connectivity index (χ4v) is 9.28. The molecule has 0 bridgehead atoms. The molecule has 2 fully saturated rings. The molecule has 0 spiro atoms. The van der Waals surface area contributed by atoms with Crippen LogP contribution in [0.15, 0.2) is 12.2 Å². The second-order valence-electron chi connectivity index (χ2n) is 20.5. The normalized spacial score (nSPS) is 25.2. The fraction of sp³-hybridized carbons (Fsp3) is 0.929. The van der Waals surface area contributed by atoms with E-state index in [9.17, 15) is 45.3 Å². The Kier molecular flexibility index (Phi) is 40.0. The molecule has 0 aliphatic carbocycles. The molecule has 2 aliphatic rings. The number of hydrogen-bond donors (Lipinski definition) is 7. The van der Waals surface area contributed by atoms with Gasteiger partial charge < -0.3 is 64.2 Å². The van der Waals surface area contributed by atoms with Gasteiger partial charge in [0.05, 0.1) is 19.8 Å². The van der Waals surface area contributed by atoms with Crippen LogP contribution in [0, 0.1) is 0 Å². The van der Waals surface area contributed by atoms with Gasteiger partial charge >= 0.3 is 11.9 Å². The van der Waals surface area contributed by atoms with Crippen molar-refractivity contribution in [2.75, 3.05) is 26.4 Å². The maximum Gasteiger partial charge on any atom is 0.306 e. The van der Waals surface area contributed by atoms with Crippen molar-refractivity contribution in [3.63, 3.8) is 0 Å². The highest BCUT2D eigenvalue weighted by molar-refractivity contribution is 5.70. The number of carbonyl (C=O) groups is 2. The van der Waals surface area contributed by atoms with Crippen molar-refractivity contribution < 1.29 is 73.8 Å². The van der Waals surface area contributed by atoms with Crippen LogP contribution >= 0.6 is 0 Å². The van der Waals surface area contributed by atoms with Crippen molar-refractivity contribution >= 4 is 11.9 Å². The Morgan fingerprint density at radius 1 is 0.437 bits per heavy atom. The van der Waals surface area contributed by atoms with E-state index < -0.39 is 92.7 Å². The summed E-state index contributed by atoms with van der Waals surface area (Å²) in [5, 5.41) is 72.2. The Morgan fingerprint density at radius 2 is 0.817 bits per heavy atom. The van der Waals surface area contributed by atoms with E-state index >= 15 is 0 Å². The third-order valence-corrected chi connectivity index (χ3v) is 14.0.